The quantitative estimate of drug-likeness (QED) is 0.652. The Morgan fingerprint density at radius 3 is 2.53 bits per heavy atom. The SMILES string of the molecule is O=C(O)[C@H]1COCCN1C(=O)[C@@H]1COCCO1. The summed E-state index contributed by atoms with van der Waals surface area (Å²) in [6.07, 6.45) is -0.691. The molecule has 1 N–H and O–H groups in total. The summed E-state index contributed by atoms with van der Waals surface area (Å²) in [6, 6.07) is -0.929. The van der Waals surface area contributed by atoms with Gasteiger partial charge in [0.25, 0.3) is 5.91 Å². The zero-order valence-corrected chi connectivity index (χ0v) is 9.33. The zero-order chi connectivity index (χ0) is 12.3. The number of hydrogen-bond acceptors (Lipinski definition) is 5. The van der Waals surface area contributed by atoms with Crippen LogP contribution >= 0.6 is 0 Å². The van der Waals surface area contributed by atoms with E-state index in [0.29, 0.717) is 19.8 Å². The Morgan fingerprint density at radius 2 is 1.88 bits per heavy atom. The molecule has 0 aliphatic carbocycles. The molecule has 2 aliphatic rings. The number of carboxylic acids is 1. The molecule has 0 radical (unpaired) electrons. The molecule has 2 rings (SSSR count). The average Bonchev–Trinajstić information content (AvgIpc) is 2.39. The Morgan fingerprint density at radius 1 is 1.12 bits per heavy atom. The van der Waals surface area contributed by atoms with E-state index in [1.165, 1.54) is 4.90 Å². The van der Waals surface area contributed by atoms with Crippen molar-refractivity contribution < 1.29 is 28.9 Å². The number of ether oxygens (including phenoxy) is 3. The maximum atomic E-state index is 12.1. The zero-order valence-electron chi connectivity index (χ0n) is 9.33. The first-order valence-electron chi connectivity index (χ1n) is 5.50. The number of rotatable bonds is 2. The fourth-order valence-corrected chi connectivity index (χ4v) is 1.89. The molecule has 2 saturated heterocycles. The Hall–Kier alpha value is -1.18. The smallest absolute Gasteiger partial charge is 0.328 e. The van der Waals surface area contributed by atoms with Gasteiger partial charge in [-0.1, -0.05) is 0 Å². The summed E-state index contributed by atoms with van der Waals surface area (Å²) in [5.41, 5.74) is 0. The van der Waals surface area contributed by atoms with Gasteiger partial charge in [-0.15, -0.1) is 0 Å². The molecule has 0 aromatic carbocycles. The van der Waals surface area contributed by atoms with E-state index in [1.54, 1.807) is 0 Å². The van der Waals surface area contributed by atoms with Crippen LogP contribution in [0, 0.1) is 0 Å². The van der Waals surface area contributed by atoms with Crippen LogP contribution in [-0.2, 0) is 23.8 Å². The first-order chi connectivity index (χ1) is 8.20. The summed E-state index contributed by atoms with van der Waals surface area (Å²) < 4.78 is 15.5. The molecule has 0 saturated carbocycles. The van der Waals surface area contributed by atoms with Gasteiger partial charge in [0.1, 0.15) is 0 Å². The van der Waals surface area contributed by atoms with E-state index in [1.807, 2.05) is 0 Å². The highest BCUT2D eigenvalue weighted by molar-refractivity contribution is 5.86. The minimum absolute atomic E-state index is 0.0225. The molecule has 7 nitrogen and oxygen atoms in total. The number of nitrogens with zero attached hydrogens (tertiary/aromatic N) is 1. The fraction of sp³-hybridized carbons (Fsp3) is 0.800. The number of carboxylic acid groups (broad SMARTS) is 1. The van der Waals surface area contributed by atoms with Crippen molar-refractivity contribution in [3.63, 3.8) is 0 Å². The summed E-state index contributed by atoms with van der Waals surface area (Å²) in [7, 11) is 0. The van der Waals surface area contributed by atoms with Crippen LogP contribution in [0.3, 0.4) is 0 Å². The maximum Gasteiger partial charge on any atom is 0.328 e. The van der Waals surface area contributed by atoms with Gasteiger partial charge >= 0.3 is 5.97 Å². The van der Waals surface area contributed by atoms with Crippen molar-refractivity contribution in [2.45, 2.75) is 12.1 Å². The Balaban J connectivity index is 2.02. The minimum Gasteiger partial charge on any atom is -0.480 e. The normalized spacial score (nSPS) is 30.0. The third-order valence-corrected chi connectivity index (χ3v) is 2.79. The minimum atomic E-state index is -1.06. The van der Waals surface area contributed by atoms with Crippen LogP contribution in [0.2, 0.25) is 0 Å². The van der Waals surface area contributed by atoms with E-state index >= 15 is 0 Å². The number of morpholine rings is 1. The first kappa shape index (κ1) is 12.3. The molecule has 1 amide bonds. The molecule has 2 atom stereocenters. The topological polar surface area (TPSA) is 85.3 Å². The summed E-state index contributed by atoms with van der Waals surface area (Å²) in [5.74, 6) is -1.39. The van der Waals surface area contributed by atoms with Gasteiger partial charge in [0.05, 0.1) is 33.0 Å². The van der Waals surface area contributed by atoms with Crippen LogP contribution < -0.4 is 0 Å². The fourth-order valence-electron chi connectivity index (χ4n) is 1.89. The Bertz CT molecular complexity index is 301. The van der Waals surface area contributed by atoms with Gasteiger partial charge in [0, 0.05) is 6.54 Å². The van der Waals surface area contributed by atoms with Gasteiger partial charge in [-0.2, -0.15) is 0 Å². The first-order valence-corrected chi connectivity index (χ1v) is 5.50. The van der Waals surface area contributed by atoms with Crippen LogP contribution in [0.5, 0.6) is 0 Å². The average molecular weight is 245 g/mol. The van der Waals surface area contributed by atoms with Gasteiger partial charge in [-0.25, -0.2) is 4.79 Å². The van der Waals surface area contributed by atoms with Gasteiger partial charge < -0.3 is 24.2 Å². The largest absolute Gasteiger partial charge is 0.480 e. The molecule has 0 aromatic rings. The predicted octanol–water partition coefficient (Wildman–Crippen LogP) is -1.29. The van der Waals surface area contributed by atoms with Gasteiger partial charge in [-0.3, -0.25) is 4.79 Å². The van der Waals surface area contributed by atoms with Crippen molar-refractivity contribution in [2.75, 3.05) is 39.6 Å². The summed E-state index contributed by atoms with van der Waals surface area (Å²) in [4.78, 5) is 24.4. The molecular formula is C10H15NO6. The molecule has 2 fully saturated rings. The summed E-state index contributed by atoms with van der Waals surface area (Å²) >= 11 is 0. The van der Waals surface area contributed by atoms with E-state index in [2.05, 4.69) is 0 Å². The van der Waals surface area contributed by atoms with Gasteiger partial charge in [0.15, 0.2) is 12.1 Å². The lowest BCUT2D eigenvalue weighted by molar-refractivity contribution is -0.172. The molecule has 0 spiro atoms. The summed E-state index contributed by atoms with van der Waals surface area (Å²) in [6.45, 7) is 1.66. The Labute approximate surface area is 98.2 Å². The van der Waals surface area contributed by atoms with Crippen molar-refractivity contribution in [1.82, 2.24) is 4.90 Å². The molecule has 0 unspecified atom stereocenters. The second kappa shape index (κ2) is 5.44. The predicted molar refractivity (Wildman–Crippen MR) is 54.5 cm³/mol. The number of amides is 1. The molecule has 2 heterocycles. The summed E-state index contributed by atoms with van der Waals surface area (Å²) in [5, 5.41) is 9.01. The van der Waals surface area contributed by atoms with Crippen LogP contribution in [0.15, 0.2) is 0 Å². The van der Waals surface area contributed by atoms with Crippen molar-refractivity contribution in [2.24, 2.45) is 0 Å². The third kappa shape index (κ3) is 2.74. The lowest BCUT2D eigenvalue weighted by Gasteiger charge is -2.35. The standard InChI is InChI=1S/C10H15NO6/c12-9(8-6-16-3-4-17-8)11-1-2-15-5-7(11)10(13)14/h7-8H,1-6H2,(H,13,14)/t7-,8+/m1/s1. The lowest BCUT2D eigenvalue weighted by Crippen LogP contribution is -2.57. The van der Waals surface area contributed by atoms with E-state index in [9.17, 15) is 9.59 Å². The Kier molecular flexibility index (Phi) is 3.93. The molecule has 0 aromatic heterocycles. The van der Waals surface area contributed by atoms with Crippen LogP contribution in [0.25, 0.3) is 0 Å². The molecule has 0 bridgehead atoms. The third-order valence-electron chi connectivity index (χ3n) is 2.79. The highest BCUT2D eigenvalue weighted by atomic mass is 16.6. The molecular weight excluding hydrogens is 230 g/mol. The molecule has 96 valence electrons. The van der Waals surface area contributed by atoms with E-state index < -0.39 is 18.1 Å². The highest BCUT2D eigenvalue weighted by Gasteiger charge is 2.37. The lowest BCUT2D eigenvalue weighted by atomic mass is 10.2. The van der Waals surface area contributed by atoms with Crippen molar-refractivity contribution in [3.05, 3.63) is 0 Å². The number of carbonyl (C=O) groups excluding carboxylic acids is 1. The van der Waals surface area contributed by atoms with E-state index in [-0.39, 0.29) is 25.7 Å². The second-order valence-electron chi connectivity index (χ2n) is 3.89. The van der Waals surface area contributed by atoms with Crippen LogP contribution in [-0.4, -0.2) is 73.6 Å². The van der Waals surface area contributed by atoms with Gasteiger partial charge in [-0.05, 0) is 0 Å². The number of carbonyl (C=O) groups is 2. The maximum absolute atomic E-state index is 12.1. The van der Waals surface area contributed by atoms with E-state index in [4.69, 9.17) is 19.3 Å². The second-order valence-corrected chi connectivity index (χ2v) is 3.89. The van der Waals surface area contributed by atoms with Crippen LogP contribution in [0.1, 0.15) is 0 Å². The van der Waals surface area contributed by atoms with Crippen molar-refractivity contribution >= 4 is 11.9 Å². The van der Waals surface area contributed by atoms with Gasteiger partial charge in [0.2, 0.25) is 0 Å². The number of hydrogen-bond donors (Lipinski definition) is 1. The number of aliphatic carboxylic acids is 1. The van der Waals surface area contributed by atoms with E-state index in [0.717, 1.165) is 0 Å². The van der Waals surface area contributed by atoms with Crippen LogP contribution in [0.4, 0.5) is 0 Å². The molecule has 2 aliphatic heterocycles. The molecule has 7 heteroatoms. The van der Waals surface area contributed by atoms with Crippen molar-refractivity contribution in [3.8, 4) is 0 Å². The monoisotopic (exact) mass is 245 g/mol. The molecule has 17 heavy (non-hydrogen) atoms. The van der Waals surface area contributed by atoms with Crippen molar-refractivity contribution in [1.29, 1.82) is 0 Å². The highest BCUT2D eigenvalue weighted by Crippen LogP contribution is 2.12.